The summed E-state index contributed by atoms with van der Waals surface area (Å²) in [4.78, 5) is 9.92. The molecule has 1 spiro atoms. The van der Waals surface area contributed by atoms with E-state index in [9.17, 15) is 5.26 Å². The molecule has 2 aromatic carbocycles. The van der Waals surface area contributed by atoms with Gasteiger partial charge in [0.05, 0.1) is 28.0 Å². The molecule has 0 saturated carbocycles. The van der Waals surface area contributed by atoms with E-state index in [0.717, 1.165) is 39.1 Å². The summed E-state index contributed by atoms with van der Waals surface area (Å²) in [5, 5.41) is 17.4. The lowest BCUT2D eigenvalue weighted by molar-refractivity contribution is 0.366. The van der Waals surface area contributed by atoms with Gasteiger partial charge in [-0.2, -0.15) is 5.26 Å². The summed E-state index contributed by atoms with van der Waals surface area (Å²) in [6.07, 6.45) is 0. The molecule has 7 heteroatoms. The maximum Gasteiger partial charge on any atom is 0.244 e. The lowest BCUT2D eigenvalue weighted by Crippen LogP contribution is -2.37. The summed E-state index contributed by atoms with van der Waals surface area (Å²) in [5.74, 6) is 0.390. The van der Waals surface area contributed by atoms with Crippen molar-refractivity contribution >= 4 is 11.0 Å². The Morgan fingerprint density at radius 1 is 1.07 bits per heavy atom. The molecule has 3 N–H and O–H groups in total. The van der Waals surface area contributed by atoms with E-state index in [2.05, 4.69) is 16.3 Å². The highest BCUT2D eigenvalue weighted by atomic mass is 16.5. The van der Waals surface area contributed by atoms with Crippen molar-refractivity contribution in [3.05, 3.63) is 82.5 Å². The molecule has 1 aliphatic carbocycles. The lowest BCUT2D eigenvalue weighted by Gasteiger charge is -2.34. The van der Waals surface area contributed by atoms with E-state index in [1.54, 1.807) is 0 Å². The number of hydrogen-bond donors (Lipinski definition) is 2. The molecule has 2 aromatic heterocycles. The number of allylic oxidation sites excluding steroid dienone is 1. The first-order valence-electron chi connectivity index (χ1n) is 9.17. The molecular weight excluding hydrogens is 364 g/mol. The van der Waals surface area contributed by atoms with Crippen LogP contribution in [0, 0.1) is 18.3 Å². The van der Waals surface area contributed by atoms with Crippen LogP contribution in [0.5, 0.6) is 5.88 Å². The fourth-order valence-corrected chi connectivity index (χ4v) is 4.63. The monoisotopic (exact) mass is 378 g/mol. The fraction of sp³-hybridized carbons (Fsp3) is 0.0909. The van der Waals surface area contributed by atoms with E-state index in [0.29, 0.717) is 17.1 Å². The zero-order chi connectivity index (χ0) is 19.8. The molecule has 7 nitrogen and oxygen atoms in total. The van der Waals surface area contributed by atoms with Gasteiger partial charge < -0.3 is 10.5 Å². The number of aryl methyl sites for hydroxylation is 1. The molecule has 29 heavy (non-hydrogen) atoms. The maximum absolute atomic E-state index is 10.2. The van der Waals surface area contributed by atoms with E-state index in [1.165, 1.54) is 0 Å². The van der Waals surface area contributed by atoms with Gasteiger partial charge >= 0.3 is 0 Å². The average Bonchev–Trinajstić information content (AvgIpc) is 3.24. The second-order valence-corrected chi connectivity index (χ2v) is 7.19. The van der Waals surface area contributed by atoms with Gasteiger partial charge in [0.25, 0.3) is 0 Å². The highest BCUT2D eigenvalue weighted by Gasteiger charge is 2.56. The number of fused-ring (bicyclic) bond motifs is 8. The summed E-state index contributed by atoms with van der Waals surface area (Å²) in [6.45, 7) is 1.91. The van der Waals surface area contributed by atoms with Gasteiger partial charge in [0.15, 0.2) is 0 Å². The largest absolute Gasteiger partial charge is 0.420 e. The normalized spacial score (nSPS) is 18.9. The molecule has 2 aliphatic rings. The van der Waals surface area contributed by atoms with Gasteiger partial charge in [0, 0.05) is 11.3 Å². The van der Waals surface area contributed by atoms with Crippen molar-refractivity contribution in [1.29, 1.82) is 5.26 Å². The van der Waals surface area contributed by atoms with Gasteiger partial charge in [-0.15, -0.1) is 5.10 Å². The third-order valence-corrected chi connectivity index (χ3v) is 5.74. The van der Waals surface area contributed by atoms with Gasteiger partial charge in [-0.05, 0) is 24.6 Å². The second kappa shape index (κ2) is 5.20. The van der Waals surface area contributed by atoms with Crippen molar-refractivity contribution in [2.75, 3.05) is 0 Å². The fourth-order valence-electron chi connectivity index (χ4n) is 4.63. The van der Waals surface area contributed by atoms with Crippen LogP contribution in [0.3, 0.4) is 0 Å². The van der Waals surface area contributed by atoms with Crippen molar-refractivity contribution in [3.8, 4) is 23.2 Å². The molecule has 1 aliphatic heterocycles. The standard InChI is InChI=1S/C22H14N6O/c1-11-17-21(28-27-11)29-20(24)14(10-23)22(17)13-7-3-2-6-12(13)18-19(22)26-16-9-5-4-8-15(16)25-18/h2-9H,24H2,1H3,(H,27,28). The van der Waals surface area contributed by atoms with E-state index >= 15 is 0 Å². The van der Waals surface area contributed by atoms with Crippen LogP contribution < -0.4 is 10.5 Å². The van der Waals surface area contributed by atoms with Crippen LogP contribution in [0.1, 0.15) is 22.5 Å². The minimum atomic E-state index is -1.02. The number of nitriles is 1. The number of para-hydroxylation sites is 2. The van der Waals surface area contributed by atoms with E-state index in [-0.39, 0.29) is 5.88 Å². The molecule has 0 radical (unpaired) electrons. The van der Waals surface area contributed by atoms with Crippen molar-refractivity contribution < 1.29 is 4.74 Å². The zero-order valence-corrected chi connectivity index (χ0v) is 15.4. The van der Waals surface area contributed by atoms with Crippen LogP contribution in [0.25, 0.3) is 22.3 Å². The minimum Gasteiger partial charge on any atom is -0.420 e. The van der Waals surface area contributed by atoms with Gasteiger partial charge in [-0.1, -0.05) is 36.4 Å². The first kappa shape index (κ1) is 15.8. The first-order chi connectivity index (χ1) is 14.2. The van der Waals surface area contributed by atoms with Crippen molar-refractivity contribution in [1.82, 2.24) is 20.2 Å². The molecular formula is C22H14N6O. The zero-order valence-electron chi connectivity index (χ0n) is 15.4. The van der Waals surface area contributed by atoms with Gasteiger partial charge in [0.2, 0.25) is 11.8 Å². The number of hydrogen-bond acceptors (Lipinski definition) is 6. The highest BCUT2D eigenvalue weighted by molar-refractivity contribution is 5.89. The Bertz CT molecular complexity index is 1430. The molecule has 6 rings (SSSR count). The number of nitrogens with two attached hydrogens (primary N) is 1. The summed E-state index contributed by atoms with van der Waals surface area (Å²) in [6, 6.07) is 17.9. The summed E-state index contributed by atoms with van der Waals surface area (Å²) >= 11 is 0. The molecule has 1 atom stereocenters. The van der Waals surface area contributed by atoms with Crippen LogP contribution in [0.15, 0.2) is 60.0 Å². The summed E-state index contributed by atoms with van der Waals surface area (Å²) in [5.41, 5.74) is 11.8. The number of H-pyrrole nitrogens is 1. The molecule has 0 bridgehead atoms. The predicted molar refractivity (Wildman–Crippen MR) is 106 cm³/mol. The quantitative estimate of drug-likeness (QED) is 0.486. The minimum absolute atomic E-state index is 0.0316. The summed E-state index contributed by atoms with van der Waals surface area (Å²) < 4.78 is 5.70. The van der Waals surface area contributed by atoms with Crippen molar-refractivity contribution in [3.63, 3.8) is 0 Å². The average molecular weight is 378 g/mol. The van der Waals surface area contributed by atoms with Crippen LogP contribution in [-0.4, -0.2) is 20.2 Å². The molecule has 0 amide bonds. The van der Waals surface area contributed by atoms with Gasteiger partial charge in [-0.3, -0.25) is 5.10 Å². The van der Waals surface area contributed by atoms with Crippen LogP contribution in [0.4, 0.5) is 0 Å². The van der Waals surface area contributed by atoms with Crippen molar-refractivity contribution in [2.45, 2.75) is 12.3 Å². The number of benzene rings is 2. The van der Waals surface area contributed by atoms with Crippen LogP contribution >= 0.6 is 0 Å². The SMILES string of the molecule is Cc1[nH]nc2c1C1(C(C#N)=C(N)O2)c2ccccc2-c2nc3ccccc3nc21. The second-order valence-electron chi connectivity index (χ2n) is 7.19. The smallest absolute Gasteiger partial charge is 0.244 e. The Kier molecular flexibility index (Phi) is 2.84. The molecule has 138 valence electrons. The molecule has 1 unspecified atom stereocenters. The van der Waals surface area contributed by atoms with Crippen LogP contribution in [-0.2, 0) is 5.41 Å². The molecule has 0 fully saturated rings. The van der Waals surface area contributed by atoms with Crippen molar-refractivity contribution in [2.24, 2.45) is 5.73 Å². The highest BCUT2D eigenvalue weighted by Crippen LogP contribution is 2.59. The lowest BCUT2D eigenvalue weighted by atomic mass is 9.68. The van der Waals surface area contributed by atoms with E-state index < -0.39 is 5.41 Å². The number of rotatable bonds is 0. The Morgan fingerprint density at radius 3 is 2.59 bits per heavy atom. The Hall–Kier alpha value is -4.18. The molecule has 4 aromatic rings. The number of aromatic nitrogens is 4. The Balaban J connectivity index is 1.88. The molecule has 0 saturated heterocycles. The maximum atomic E-state index is 10.2. The third kappa shape index (κ3) is 1.74. The van der Waals surface area contributed by atoms with Gasteiger partial charge in [-0.25, -0.2) is 9.97 Å². The number of nitrogens with zero attached hydrogens (tertiary/aromatic N) is 4. The topological polar surface area (TPSA) is 114 Å². The molecule has 3 heterocycles. The van der Waals surface area contributed by atoms with E-state index in [1.807, 2.05) is 55.5 Å². The first-order valence-corrected chi connectivity index (χ1v) is 9.17. The predicted octanol–water partition coefficient (Wildman–Crippen LogP) is 3.06. The van der Waals surface area contributed by atoms with Gasteiger partial charge in [0.1, 0.15) is 17.1 Å². The van der Waals surface area contributed by atoms with Crippen LogP contribution in [0.2, 0.25) is 0 Å². The Labute approximate surface area is 165 Å². The number of aromatic amines is 1. The summed E-state index contributed by atoms with van der Waals surface area (Å²) in [7, 11) is 0. The number of nitrogens with one attached hydrogen (secondary N) is 1. The Morgan fingerprint density at radius 2 is 1.79 bits per heavy atom. The van der Waals surface area contributed by atoms with E-state index in [4.69, 9.17) is 20.4 Å². The number of ether oxygens (including phenoxy) is 1. The third-order valence-electron chi connectivity index (χ3n) is 5.74.